The van der Waals surface area contributed by atoms with E-state index in [1.54, 1.807) is 7.11 Å². The molecule has 1 saturated carbocycles. The lowest BCUT2D eigenvalue weighted by atomic mass is 9.86. The van der Waals surface area contributed by atoms with E-state index in [1.807, 2.05) is 0 Å². The molecule has 0 spiro atoms. The molecule has 2 amide bonds. The van der Waals surface area contributed by atoms with E-state index in [1.165, 1.54) is 6.42 Å². The molecule has 0 unspecified atom stereocenters. The highest BCUT2D eigenvalue weighted by Crippen LogP contribution is 2.23. The van der Waals surface area contributed by atoms with E-state index in [9.17, 15) is 9.59 Å². The number of carbonyl (C=O) groups is 2. The van der Waals surface area contributed by atoms with Crippen LogP contribution in [0, 0.1) is 5.92 Å². The molecular weight excluding hydrogens is 232 g/mol. The molecule has 0 aromatic heterocycles. The van der Waals surface area contributed by atoms with Crippen LogP contribution >= 0.6 is 0 Å². The van der Waals surface area contributed by atoms with Crippen molar-refractivity contribution >= 4 is 11.8 Å². The Hall–Kier alpha value is -1.10. The van der Waals surface area contributed by atoms with Crippen LogP contribution in [-0.4, -0.2) is 38.1 Å². The lowest BCUT2D eigenvalue weighted by Gasteiger charge is -2.29. The Balaban J connectivity index is 2.24. The van der Waals surface area contributed by atoms with E-state index in [0.29, 0.717) is 19.1 Å². The zero-order valence-corrected chi connectivity index (χ0v) is 11.3. The standard InChI is InChI=1S/C13H24N2O3/c1-10-6-3-4-7-11(10)15-13(17)12(16)14-8-5-9-18-2/h10-11H,3-9H2,1-2H3,(H,14,16)(H,15,17)/t10-,11-/m0/s1. The summed E-state index contributed by atoms with van der Waals surface area (Å²) >= 11 is 0. The summed E-state index contributed by atoms with van der Waals surface area (Å²) in [5.74, 6) is -0.584. The van der Waals surface area contributed by atoms with Gasteiger partial charge in [-0.15, -0.1) is 0 Å². The third kappa shape index (κ3) is 5.04. The molecule has 0 aromatic rings. The highest BCUT2D eigenvalue weighted by atomic mass is 16.5. The molecule has 0 aliphatic heterocycles. The third-order valence-electron chi connectivity index (χ3n) is 3.44. The molecule has 5 nitrogen and oxygen atoms in total. The van der Waals surface area contributed by atoms with Gasteiger partial charge in [0.05, 0.1) is 0 Å². The van der Waals surface area contributed by atoms with E-state index in [0.717, 1.165) is 25.7 Å². The largest absolute Gasteiger partial charge is 0.385 e. The zero-order valence-electron chi connectivity index (χ0n) is 11.3. The second-order valence-corrected chi connectivity index (χ2v) is 4.94. The summed E-state index contributed by atoms with van der Waals surface area (Å²) in [5, 5.41) is 5.42. The molecule has 0 aromatic carbocycles. The smallest absolute Gasteiger partial charge is 0.309 e. The number of hydrogen-bond acceptors (Lipinski definition) is 3. The second kappa shape index (κ2) is 8.08. The number of amides is 2. The van der Waals surface area contributed by atoms with Crippen molar-refractivity contribution < 1.29 is 14.3 Å². The Labute approximate surface area is 109 Å². The highest BCUT2D eigenvalue weighted by Gasteiger charge is 2.25. The van der Waals surface area contributed by atoms with E-state index >= 15 is 0 Å². The van der Waals surface area contributed by atoms with Gasteiger partial charge in [-0.1, -0.05) is 19.8 Å². The minimum Gasteiger partial charge on any atom is -0.385 e. The summed E-state index contributed by atoms with van der Waals surface area (Å²) in [5.41, 5.74) is 0. The van der Waals surface area contributed by atoms with Crippen molar-refractivity contribution in [2.45, 2.75) is 45.1 Å². The topological polar surface area (TPSA) is 67.4 Å². The van der Waals surface area contributed by atoms with Crippen LogP contribution in [0.1, 0.15) is 39.0 Å². The van der Waals surface area contributed by atoms with Crippen molar-refractivity contribution in [3.8, 4) is 0 Å². The first-order chi connectivity index (χ1) is 8.65. The van der Waals surface area contributed by atoms with Gasteiger partial charge in [-0.05, 0) is 25.2 Å². The molecule has 2 atom stereocenters. The molecule has 0 heterocycles. The lowest BCUT2D eigenvalue weighted by molar-refractivity contribution is -0.140. The van der Waals surface area contributed by atoms with Crippen LogP contribution in [0.2, 0.25) is 0 Å². The number of hydrogen-bond donors (Lipinski definition) is 2. The second-order valence-electron chi connectivity index (χ2n) is 4.94. The van der Waals surface area contributed by atoms with Gasteiger partial charge in [0.1, 0.15) is 0 Å². The van der Waals surface area contributed by atoms with Crippen molar-refractivity contribution in [3.05, 3.63) is 0 Å². The van der Waals surface area contributed by atoms with Gasteiger partial charge in [0, 0.05) is 26.3 Å². The summed E-state index contributed by atoms with van der Waals surface area (Å²) in [6, 6.07) is 0.149. The van der Waals surface area contributed by atoms with Crippen LogP contribution in [-0.2, 0) is 14.3 Å². The van der Waals surface area contributed by atoms with Gasteiger partial charge in [0.2, 0.25) is 0 Å². The van der Waals surface area contributed by atoms with Crippen LogP contribution in [0.5, 0.6) is 0 Å². The van der Waals surface area contributed by atoms with Crippen molar-refractivity contribution in [2.24, 2.45) is 5.92 Å². The molecule has 18 heavy (non-hydrogen) atoms. The first-order valence-electron chi connectivity index (χ1n) is 6.72. The number of methoxy groups -OCH3 is 1. The first kappa shape index (κ1) is 15.0. The Kier molecular flexibility index (Phi) is 6.72. The predicted octanol–water partition coefficient (Wildman–Crippen LogP) is 0.834. The maximum absolute atomic E-state index is 11.7. The average Bonchev–Trinajstić information content (AvgIpc) is 2.37. The lowest BCUT2D eigenvalue weighted by Crippen LogP contribution is -2.47. The van der Waals surface area contributed by atoms with Crippen LogP contribution in [0.4, 0.5) is 0 Å². The summed E-state index contributed by atoms with van der Waals surface area (Å²) in [4.78, 5) is 23.2. The number of ether oxygens (including phenoxy) is 1. The Morgan fingerprint density at radius 1 is 1.22 bits per heavy atom. The summed E-state index contributed by atoms with van der Waals surface area (Å²) < 4.78 is 4.87. The van der Waals surface area contributed by atoms with Crippen LogP contribution in [0.3, 0.4) is 0 Å². The molecule has 0 bridgehead atoms. The monoisotopic (exact) mass is 256 g/mol. The van der Waals surface area contributed by atoms with Gasteiger partial charge in [-0.2, -0.15) is 0 Å². The van der Waals surface area contributed by atoms with E-state index < -0.39 is 11.8 Å². The molecule has 1 aliphatic rings. The van der Waals surface area contributed by atoms with Gasteiger partial charge in [0.15, 0.2) is 0 Å². The van der Waals surface area contributed by atoms with Gasteiger partial charge >= 0.3 is 11.8 Å². The highest BCUT2D eigenvalue weighted by molar-refractivity contribution is 6.35. The van der Waals surface area contributed by atoms with E-state index in [2.05, 4.69) is 17.6 Å². The quantitative estimate of drug-likeness (QED) is 0.565. The normalized spacial score (nSPS) is 23.4. The molecule has 104 valence electrons. The molecule has 0 radical (unpaired) electrons. The SMILES string of the molecule is COCCCNC(=O)C(=O)N[C@H]1CCCC[C@@H]1C. The maximum Gasteiger partial charge on any atom is 0.309 e. The van der Waals surface area contributed by atoms with Gasteiger partial charge in [0.25, 0.3) is 0 Å². The van der Waals surface area contributed by atoms with Crippen molar-refractivity contribution in [3.63, 3.8) is 0 Å². The summed E-state index contributed by atoms with van der Waals surface area (Å²) in [7, 11) is 1.61. The number of rotatable bonds is 5. The minimum absolute atomic E-state index is 0.149. The molecule has 2 N–H and O–H groups in total. The fraction of sp³-hybridized carbons (Fsp3) is 0.846. The molecule has 1 rings (SSSR count). The Bertz CT molecular complexity index is 281. The molecule has 1 aliphatic carbocycles. The fourth-order valence-corrected chi connectivity index (χ4v) is 2.26. The van der Waals surface area contributed by atoms with Crippen LogP contribution in [0.25, 0.3) is 0 Å². The number of nitrogens with one attached hydrogen (secondary N) is 2. The van der Waals surface area contributed by atoms with Crippen molar-refractivity contribution in [1.82, 2.24) is 10.6 Å². The van der Waals surface area contributed by atoms with E-state index in [4.69, 9.17) is 4.74 Å². The van der Waals surface area contributed by atoms with Crippen molar-refractivity contribution in [1.29, 1.82) is 0 Å². The van der Waals surface area contributed by atoms with Gasteiger partial charge < -0.3 is 15.4 Å². The predicted molar refractivity (Wildman–Crippen MR) is 69.1 cm³/mol. The molecule has 0 saturated heterocycles. The maximum atomic E-state index is 11.7. The fourth-order valence-electron chi connectivity index (χ4n) is 2.26. The molecule has 1 fully saturated rings. The molecular formula is C13H24N2O3. The van der Waals surface area contributed by atoms with Gasteiger partial charge in [-0.3, -0.25) is 9.59 Å². The van der Waals surface area contributed by atoms with E-state index in [-0.39, 0.29) is 6.04 Å². The van der Waals surface area contributed by atoms with Gasteiger partial charge in [-0.25, -0.2) is 0 Å². The Morgan fingerprint density at radius 2 is 1.94 bits per heavy atom. The molecule has 5 heteroatoms. The first-order valence-corrected chi connectivity index (χ1v) is 6.72. The zero-order chi connectivity index (χ0) is 13.4. The van der Waals surface area contributed by atoms with Crippen LogP contribution in [0.15, 0.2) is 0 Å². The van der Waals surface area contributed by atoms with Crippen LogP contribution < -0.4 is 10.6 Å². The Morgan fingerprint density at radius 3 is 2.61 bits per heavy atom. The van der Waals surface area contributed by atoms with Crippen molar-refractivity contribution in [2.75, 3.05) is 20.3 Å². The number of carbonyl (C=O) groups excluding carboxylic acids is 2. The minimum atomic E-state index is -0.538. The summed E-state index contributed by atoms with van der Waals surface area (Å²) in [6.45, 7) is 3.18. The average molecular weight is 256 g/mol. The third-order valence-corrected chi connectivity index (χ3v) is 3.44. The summed E-state index contributed by atoms with van der Waals surface area (Å²) in [6.07, 6.45) is 5.17.